The molecule has 0 saturated heterocycles. The second kappa shape index (κ2) is 20.6. The minimum Gasteiger partial charge on any atom is -0.460 e. The quantitative estimate of drug-likeness (QED) is 0.0798. The molecule has 204 valence electrons. The maximum absolute atomic E-state index is 11.3. The van der Waals surface area contributed by atoms with Crippen molar-refractivity contribution in [1.82, 2.24) is 5.32 Å². The number of esters is 2. The minimum absolute atomic E-state index is 0.110. The van der Waals surface area contributed by atoms with Crippen molar-refractivity contribution in [1.29, 1.82) is 0 Å². The molecule has 0 aromatic carbocycles. The summed E-state index contributed by atoms with van der Waals surface area (Å²) in [7, 11) is -3.07. The van der Waals surface area contributed by atoms with Crippen LogP contribution in [-0.2, 0) is 32.3 Å². The van der Waals surface area contributed by atoms with Crippen molar-refractivity contribution in [3.05, 3.63) is 25.3 Å². The third-order valence-electron chi connectivity index (χ3n) is 4.77. The van der Waals surface area contributed by atoms with Crippen molar-refractivity contribution < 1.29 is 42.6 Å². The summed E-state index contributed by atoms with van der Waals surface area (Å²) in [6.45, 7) is 14.2. The average Bonchev–Trinajstić information content (AvgIpc) is 2.86. The standard InChI is InChI=1S/C24H45NO9Si/c1-6-13-32-35(33-14-7-2,15-11-12-25-17-21(27)19-31-24(29)10-5)34-22(8-3)16-20(26)18-30-23(28)9-4/h9-10,20-22,25-27H,4-8,11-19H2,1-3H3. The van der Waals surface area contributed by atoms with Crippen LogP contribution in [-0.4, -0.2) is 88.8 Å². The maximum atomic E-state index is 11.3. The topological polar surface area (TPSA) is 133 Å². The Morgan fingerprint density at radius 3 is 1.97 bits per heavy atom. The first-order chi connectivity index (χ1) is 16.7. The second-order valence-electron chi connectivity index (χ2n) is 8.05. The van der Waals surface area contributed by atoms with Gasteiger partial charge in [0.1, 0.15) is 19.3 Å². The lowest BCUT2D eigenvalue weighted by molar-refractivity contribution is -0.141. The smallest absolute Gasteiger partial charge is 0.460 e. The average molecular weight is 520 g/mol. The number of nitrogens with one attached hydrogen (secondary N) is 1. The molecule has 11 heteroatoms. The largest absolute Gasteiger partial charge is 0.501 e. The lowest BCUT2D eigenvalue weighted by Gasteiger charge is -2.34. The first kappa shape index (κ1) is 33.4. The van der Waals surface area contributed by atoms with Gasteiger partial charge >= 0.3 is 20.7 Å². The third-order valence-corrected chi connectivity index (χ3v) is 7.72. The summed E-state index contributed by atoms with van der Waals surface area (Å²) in [6.07, 6.45) is 3.24. The Bertz CT molecular complexity index is 598. The van der Waals surface area contributed by atoms with E-state index in [1.165, 1.54) is 0 Å². The first-order valence-electron chi connectivity index (χ1n) is 12.4. The van der Waals surface area contributed by atoms with Crippen molar-refractivity contribution in [3.63, 3.8) is 0 Å². The van der Waals surface area contributed by atoms with Crippen LogP contribution in [0, 0.1) is 0 Å². The molecule has 3 unspecified atom stereocenters. The van der Waals surface area contributed by atoms with Gasteiger partial charge in [0.2, 0.25) is 0 Å². The van der Waals surface area contributed by atoms with E-state index in [9.17, 15) is 19.8 Å². The fourth-order valence-corrected chi connectivity index (χ4v) is 6.02. The molecule has 35 heavy (non-hydrogen) atoms. The number of aliphatic hydroxyl groups excluding tert-OH is 2. The van der Waals surface area contributed by atoms with Gasteiger partial charge in [-0.3, -0.25) is 0 Å². The summed E-state index contributed by atoms with van der Waals surface area (Å²) in [4.78, 5) is 22.4. The molecule has 0 fully saturated rings. The monoisotopic (exact) mass is 519 g/mol. The number of aliphatic hydroxyl groups is 2. The van der Waals surface area contributed by atoms with E-state index in [0.29, 0.717) is 38.6 Å². The second-order valence-corrected chi connectivity index (χ2v) is 10.7. The lowest BCUT2D eigenvalue weighted by atomic mass is 10.1. The number of rotatable bonds is 23. The molecule has 0 aliphatic carbocycles. The van der Waals surface area contributed by atoms with Crippen LogP contribution in [0.25, 0.3) is 0 Å². The Balaban J connectivity index is 4.95. The van der Waals surface area contributed by atoms with Crippen LogP contribution in [0.3, 0.4) is 0 Å². The van der Waals surface area contributed by atoms with Crippen LogP contribution in [0.2, 0.25) is 6.04 Å². The maximum Gasteiger partial charge on any atom is 0.501 e. The van der Waals surface area contributed by atoms with E-state index in [2.05, 4.69) is 18.5 Å². The highest BCUT2D eigenvalue weighted by atomic mass is 28.4. The van der Waals surface area contributed by atoms with Gasteiger partial charge in [0, 0.05) is 44.4 Å². The van der Waals surface area contributed by atoms with Gasteiger partial charge in [-0.15, -0.1) is 0 Å². The van der Waals surface area contributed by atoms with Gasteiger partial charge in [0.05, 0.1) is 12.2 Å². The molecule has 10 nitrogen and oxygen atoms in total. The summed E-state index contributed by atoms with van der Waals surface area (Å²) >= 11 is 0. The van der Waals surface area contributed by atoms with Crippen LogP contribution in [0.15, 0.2) is 25.3 Å². The van der Waals surface area contributed by atoms with Crippen LogP contribution < -0.4 is 5.32 Å². The van der Waals surface area contributed by atoms with Gasteiger partial charge in [-0.2, -0.15) is 0 Å². The summed E-state index contributed by atoms with van der Waals surface area (Å²) in [5, 5.41) is 23.4. The zero-order chi connectivity index (χ0) is 26.5. The SMILES string of the molecule is C=CC(=O)OCC(O)CNCCC[Si](OCCC)(OCCC)OC(CC)CC(O)COC(=O)C=C. The van der Waals surface area contributed by atoms with Gasteiger partial charge in [-0.05, 0) is 32.2 Å². The van der Waals surface area contributed by atoms with E-state index in [0.717, 1.165) is 25.0 Å². The molecular weight excluding hydrogens is 474 g/mol. The summed E-state index contributed by atoms with van der Waals surface area (Å²) < 4.78 is 28.6. The molecular formula is C24H45NO9Si. The Morgan fingerprint density at radius 1 is 0.943 bits per heavy atom. The highest BCUT2D eigenvalue weighted by molar-refractivity contribution is 6.60. The molecule has 3 atom stereocenters. The summed E-state index contributed by atoms with van der Waals surface area (Å²) in [5.74, 6) is -1.16. The molecule has 0 amide bonds. The van der Waals surface area contributed by atoms with E-state index < -0.39 is 33.0 Å². The van der Waals surface area contributed by atoms with Gasteiger partial charge in [-0.1, -0.05) is 33.9 Å². The van der Waals surface area contributed by atoms with Crippen LogP contribution >= 0.6 is 0 Å². The highest BCUT2D eigenvalue weighted by Crippen LogP contribution is 2.24. The number of carbonyl (C=O) groups is 2. The van der Waals surface area contributed by atoms with Crippen LogP contribution in [0.4, 0.5) is 0 Å². The number of ether oxygens (including phenoxy) is 2. The number of hydrogen-bond donors (Lipinski definition) is 3. The fraction of sp³-hybridized carbons (Fsp3) is 0.750. The Morgan fingerprint density at radius 2 is 1.49 bits per heavy atom. The van der Waals surface area contributed by atoms with Crippen molar-refractivity contribution in [2.24, 2.45) is 0 Å². The predicted molar refractivity (Wildman–Crippen MR) is 135 cm³/mol. The number of carbonyl (C=O) groups excluding carboxylic acids is 2. The summed E-state index contributed by atoms with van der Waals surface area (Å²) in [5.41, 5.74) is 0. The van der Waals surface area contributed by atoms with Crippen LogP contribution in [0.5, 0.6) is 0 Å². The van der Waals surface area contributed by atoms with E-state index in [4.69, 9.17) is 22.8 Å². The van der Waals surface area contributed by atoms with Crippen molar-refractivity contribution in [3.8, 4) is 0 Å². The molecule has 0 aliphatic rings. The van der Waals surface area contributed by atoms with E-state index >= 15 is 0 Å². The van der Waals surface area contributed by atoms with Crippen LogP contribution in [0.1, 0.15) is 52.9 Å². The third kappa shape index (κ3) is 16.7. The first-order valence-corrected chi connectivity index (χ1v) is 14.3. The molecule has 0 aromatic rings. The Kier molecular flexibility index (Phi) is 19.6. The molecule has 3 N–H and O–H groups in total. The molecule has 0 rings (SSSR count). The highest BCUT2D eigenvalue weighted by Gasteiger charge is 2.43. The fourth-order valence-electron chi connectivity index (χ4n) is 2.98. The molecule has 0 aromatic heterocycles. The van der Waals surface area contributed by atoms with Gasteiger partial charge in [-0.25, -0.2) is 9.59 Å². The van der Waals surface area contributed by atoms with Gasteiger partial charge in [0.15, 0.2) is 0 Å². The normalized spacial score (nSPS) is 14.1. The van der Waals surface area contributed by atoms with Gasteiger partial charge in [0.25, 0.3) is 0 Å². The molecule has 0 bridgehead atoms. The van der Waals surface area contributed by atoms with Crippen molar-refractivity contribution >= 4 is 20.7 Å². The molecule has 0 heterocycles. The van der Waals surface area contributed by atoms with E-state index in [1.807, 2.05) is 20.8 Å². The number of hydrogen-bond acceptors (Lipinski definition) is 10. The Labute approximate surface area is 211 Å². The molecule has 0 radical (unpaired) electrons. The van der Waals surface area contributed by atoms with E-state index in [-0.39, 0.29) is 32.3 Å². The van der Waals surface area contributed by atoms with Crippen molar-refractivity contribution in [2.45, 2.75) is 77.2 Å². The van der Waals surface area contributed by atoms with Crippen molar-refractivity contribution in [2.75, 3.05) is 39.5 Å². The predicted octanol–water partition coefficient (Wildman–Crippen LogP) is 2.12. The molecule has 0 saturated carbocycles. The summed E-state index contributed by atoms with van der Waals surface area (Å²) in [6, 6.07) is 0.555. The molecule has 0 aliphatic heterocycles. The zero-order valence-corrected chi connectivity index (χ0v) is 22.5. The van der Waals surface area contributed by atoms with Gasteiger partial charge < -0.3 is 38.3 Å². The minimum atomic E-state index is -3.07. The molecule has 0 spiro atoms. The Hall–Kier alpha value is -1.60. The lowest BCUT2D eigenvalue weighted by Crippen LogP contribution is -2.50. The zero-order valence-electron chi connectivity index (χ0n) is 21.5. The van der Waals surface area contributed by atoms with E-state index in [1.54, 1.807) is 0 Å².